The predicted molar refractivity (Wildman–Crippen MR) is 254 cm³/mol. The maximum absolute atomic E-state index is 13.1. The van der Waals surface area contributed by atoms with Crippen molar-refractivity contribution in [3.8, 4) is 0 Å². The summed E-state index contributed by atoms with van der Waals surface area (Å²) in [5, 5.41) is 23.6. The molecule has 3 unspecified atom stereocenters. The highest BCUT2D eigenvalue weighted by Crippen LogP contribution is 2.15. The Morgan fingerprint density at radius 2 is 1.00 bits per heavy atom. The van der Waals surface area contributed by atoms with E-state index in [4.69, 9.17) is 4.74 Å². The zero-order valence-electron chi connectivity index (χ0n) is 37.6. The summed E-state index contributed by atoms with van der Waals surface area (Å²) in [6.07, 6.45) is 62.6. The van der Waals surface area contributed by atoms with Crippen LogP contribution in [0.1, 0.15) is 175 Å². The van der Waals surface area contributed by atoms with Gasteiger partial charge in [0.15, 0.2) is 0 Å². The van der Waals surface area contributed by atoms with Gasteiger partial charge >= 0.3 is 5.97 Å². The Morgan fingerprint density at radius 1 is 0.525 bits per heavy atom. The molecule has 332 valence electrons. The van der Waals surface area contributed by atoms with Crippen LogP contribution in [0.4, 0.5) is 0 Å². The number of aliphatic hydroxyl groups excluding tert-OH is 2. The number of allylic oxidation sites excluding steroid dienone is 20. The van der Waals surface area contributed by atoms with Crippen molar-refractivity contribution in [2.24, 2.45) is 0 Å². The number of amides is 1. The zero-order valence-corrected chi connectivity index (χ0v) is 37.6. The first-order valence-corrected chi connectivity index (χ1v) is 23.3. The molecule has 0 saturated heterocycles. The van der Waals surface area contributed by atoms with Crippen LogP contribution in [0.15, 0.2) is 122 Å². The summed E-state index contributed by atoms with van der Waals surface area (Å²) in [6, 6.07) is -0.743. The Bertz CT molecular complexity index is 1280. The molecule has 0 aromatic rings. The Kier molecular flexibility index (Phi) is 42.5. The number of carbonyl (C=O) groups is 2. The van der Waals surface area contributed by atoms with Gasteiger partial charge < -0.3 is 20.3 Å². The molecule has 3 N–H and O–H groups in total. The first-order valence-electron chi connectivity index (χ1n) is 23.3. The molecule has 59 heavy (non-hydrogen) atoms. The van der Waals surface area contributed by atoms with E-state index in [9.17, 15) is 19.8 Å². The van der Waals surface area contributed by atoms with Gasteiger partial charge in [0.1, 0.15) is 6.10 Å². The van der Waals surface area contributed by atoms with Gasteiger partial charge in [0.25, 0.3) is 0 Å². The lowest BCUT2D eigenvalue weighted by atomic mass is 10.0. The van der Waals surface area contributed by atoms with E-state index >= 15 is 0 Å². The fourth-order valence-corrected chi connectivity index (χ4v) is 6.20. The number of esters is 1. The molecule has 3 atom stereocenters. The van der Waals surface area contributed by atoms with Crippen molar-refractivity contribution in [3.63, 3.8) is 0 Å². The SMILES string of the molecule is CC/C=C\C/C=C\C/C=C\C/C=C\C/C=C\CCCC(=O)OC(CCC/C=C/C=C\C=C/C=C/C=C/CC)CC(=O)NC(CO)C(O)CCCCCCCCCCCC. The van der Waals surface area contributed by atoms with Crippen LogP contribution in [0.3, 0.4) is 0 Å². The fraction of sp³-hybridized carbons (Fsp3) is 0.585. The number of hydrogen-bond donors (Lipinski definition) is 3. The summed E-state index contributed by atoms with van der Waals surface area (Å²) in [5.74, 6) is -0.633. The van der Waals surface area contributed by atoms with Crippen LogP contribution in [0.25, 0.3) is 0 Å². The van der Waals surface area contributed by atoms with Crippen LogP contribution in [0.2, 0.25) is 0 Å². The number of aliphatic hydroxyl groups is 2. The highest BCUT2D eigenvalue weighted by atomic mass is 16.5. The van der Waals surface area contributed by atoms with Crippen LogP contribution in [0, 0.1) is 0 Å². The molecular weight excluding hydrogens is 731 g/mol. The minimum Gasteiger partial charge on any atom is -0.462 e. The van der Waals surface area contributed by atoms with E-state index in [2.05, 4.69) is 99.0 Å². The quantitative estimate of drug-likeness (QED) is 0.0249. The lowest BCUT2D eigenvalue weighted by Crippen LogP contribution is -2.46. The van der Waals surface area contributed by atoms with Crippen molar-refractivity contribution in [3.05, 3.63) is 122 Å². The normalized spacial score (nSPS) is 14.5. The number of rotatable bonds is 39. The molecule has 0 aromatic carbocycles. The monoisotopic (exact) mass is 816 g/mol. The van der Waals surface area contributed by atoms with Crippen molar-refractivity contribution in [1.82, 2.24) is 5.32 Å². The first-order chi connectivity index (χ1) is 29.0. The van der Waals surface area contributed by atoms with Crippen molar-refractivity contribution < 1.29 is 24.5 Å². The van der Waals surface area contributed by atoms with Crippen molar-refractivity contribution >= 4 is 11.9 Å². The van der Waals surface area contributed by atoms with Gasteiger partial charge in [-0.3, -0.25) is 9.59 Å². The second kappa shape index (κ2) is 45.3. The highest BCUT2D eigenvalue weighted by molar-refractivity contribution is 5.77. The van der Waals surface area contributed by atoms with Gasteiger partial charge in [-0.05, 0) is 77.0 Å². The fourth-order valence-electron chi connectivity index (χ4n) is 6.20. The molecule has 0 radical (unpaired) electrons. The minimum atomic E-state index is -0.822. The van der Waals surface area contributed by atoms with Crippen LogP contribution < -0.4 is 5.32 Å². The summed E-state index contributed by atoms with van der Waals surface area (Å²) >= 11 is 0. The maximum atomic E-state index is 13.1. The van der Waals surface area contributed by atoms with E-state index < -0.39 is 18.2 Å². The zero-order chi connectivity index (χ0) is 43.1. The summed E-state index contributed by atoms with van der Waals surface area (Å²) in [5.41, 5.74) is 0. The van der Waals surface area contributed by atoms with E-state index in [0.717, 1.165) is 77.0 Å². The lowest BCUT2D eigenvalue weighted by molar-refractivity contribution is -0.151. The molecule has 0 rings (SSSR count). The smallest absolute Gasteiger partial charge is 0.306 e. The Balaban J connectivity index is 4.84. The predicted octanol–water partition coefficient (Wildman–Crippen LogP) is 13.7. The van der Waals surface area contributed by atoms with Crippen LogP contribution in [-0.4, -0.2) is 46.9 Å². The van der Waals surface area contributed by atoms with Gasteiger partial charge in [-0.15, -0.1) is 0 Å². The largest absolute Gasteiger partial charge is 0.462 e. The van der Waals surface area contributed by atoms with Crippen LogP contribution in [0.5, 0.6) is 0 Å². The summed E-state index contributed by atoms with van der Waals surface area (Å²) < 4.78 is 5.84. The van der Waals surface area contributed by atoms with Gasteiger partial charge in [0, 0.05) is 6.42 Å². The number of ether oxygens (including phenoxy) is 1. The van der Waals surface area contributed by atoms with Crippen LogP contribution in [-0.2, 0) is 14.3 Å². The highest BCUT2D eigenvalue weighted by Gasteiger charge is 2.23. The third kappa shape index (κ3) is 40.8. The molecule has 0 bridgehead atoms. The topological polar surface area (TPSA) is 95.9 Å². The lowest BCUT2D eigenvalue weighted by Gasteiger charge is -2.24. The van der Waals surface area contributed by atoms with E-state index in [-0.39, 0.29) is 31.3 Å². The molecule has 0 aliphatic heterocycles. The molecule has 6 nitrogen and oxygen atoms in total. The third-order valence-corrected chi connectivity index (χ3v) is 9.66. The molecule has 0 aliphatic carbocycles. The van der Waals surface area contributed by atoms with Gasteiger partial charge in [0.05, 0.1) is 25.2 Å². The van der Waals surface area contributed by atoms with Crippen molar-refractivity contribution in [2.75, 3.05) is 6.61 Å². The second-order valence-corrected chi connectivity index (χ2v) is 15.2. The van der Waals surface area contributed by atoms with Crippen molar-refractivity contribution in [2.45, 2.75) is 193 Å². The second-order valence-electron chi connectivity index (χ2n) is 15.2. The number of carbonyl (C=O) groups excluding carboxylic acids is 2. The maximum Gasteiger partial charge on any atom is 0.306 e. The van der Waals surface area contributed by atoms with Gasteiger partial charge in [-0.1, -0.05) is 206 Å². The summed E-state index contributed by atoms with van der Waals surface area (Å²) in [6.45, 7) is 6.15. The Labute approximate surface area is 361 Å². The third-order valence-electron chi connectivity index (χ3n) is 9.66. The van der Waals surface area contributed by atoms with Crippen molar-refractivity contribution in [1.29, 1.82) is 0 Å². The molecule has 0 saturated carbocycles. The van der Waals surface area contributed by atoms with E-state index in [0.29, 0.717) is 19.3 Å². The minimum absolute atomic E-state index is 0.00262. The van der Waals surface area contributed by atoms with Gasteiger partial charge in [0.2, 0.25) is 5.91 Å². The Hall–Kier alpha value is -3.74. The summed E-state index contributed by atoms with van der Waals surface area (Å²) in [4.78, 5) is 26.0. The molecule has 0 fully saturated rings. The molecule has 0 heterocycles. The molecule has 0 aliphatic rings. The molecule has 1 amide bonds. The Morgan fingerprint density at radius 3 is 1.54 bits per heavy atom. The molecule has 6 heteroatoms. The standard InChI is InChI=1S/C53H85NO5/c1-4-7-10-13-16-19-22-24-25-26-27-29-31-34-37-40-43-46-53(58)59-49(44-41-38-35-32-30-28-23-20-17-14-11-8-5-2)47-52(57)54-50(48-55)51(56)45-42-39-36-33-21-18-15-12-9-6-3/h7-8,10-11,14,16-17,19-20,23-25,27-30,32,34-35,37,49-51,55-56H,4-6,9,12-13,15,18,21-22,26,31,33,36,38-48H2,1-3H3,(H,54,57)/b10-7-,11-8+,17-14+,19-16-,23-20-,25-24-,29-27-,30-28-,35-32+,37-34-. The van der Waals surface area contributed by atoms with E-state index in [1.54, 1.807) is 0 Å². The van der Waals surface area contributed by atoms with E-state index in [1.165, 1.54) is 44.9 Å². The van der Waals surface area contributed by atoms with Crippen LogP contribution >= 0.6 is 0 Å². The average Bonchev–Trinajstić information content (AvgIpc) is 3.23. The molecule has 0 spiro atoms. The summed E-state index contributed by atoms with van der Waals surface area (Å²) in [7, 11) is 0. The average molecular weight is 816 g/mol. The molecule has 0 aromatic heterocycles. The number of hydrogen-bond acceptors (Lipinski definition) is 5. The van der Waals surface area contributed by atoms with Gasteiger partial charge in [-0.25, -0.2) is 0 Å². The number of unbranched alkanes of at least 4 members (excludes halogenated alkanes) is 11. The molecular formula is C53H85NO5. The van der Waals surface area contributed by atoms with Gasteiger partial charge in [-0.2, -0.15) is 0 Å². The van der Waals surface area contributed by atoms with E-state index in [1.807, 2.05) is 48.6 Å². The number of nitrogens with one attached hydrogen (secondary N) is 1. The first kappa shape index (κ1) is 55.3.